The van der Waals surface area contributed by atoms with Crippen LogP contribution < -0.4 is 10.1 Å². The maximum atomic E-state index is 12.7. The molecule has 0 unspecified atom stereocenters. The van der Waals surface area contributed by atoms with Crippen LogP contribution in [-0.4, -0.2) is 36.4 Å². The Balaban J connectivity index is 2.53. The van der Waals surface area contributed by atoms with Crippen molar-refractivity contribution in [2.45, 2.75) is 12.5 Å². The SMILES string of the molecule is COc1cc(CNCC(F)(F)CO)ccc1O. The molecule has 0 spiro atoms. The first-order valence-corrected chi connectivity index (χ1v) is 5.04. The lowest BCUT2D eigenvalue weighted by Crippen LogP contribution is -2.35. The number of aromatic hydroxyl groups is 1. The minimum Gasteiger partial charge on any atom is -0.504 e. The van der Waals surface area contributed by atoms with Gasteiger partial charge in [0.2, 0.25) is 0 Å². The Bertz CT molecular complexity index is 372. The summed E-state index contributed by atoms with van der Waals surface area (Å²) in [4.78, 5) is 0. The first-order chi connectivity index (χ1) is 7.98. The van der Waals surface area contributed by atoms with Gasteiger partial charge in [0.15, 0.2) is 11.5 Å². The van der Waals surface area contributed by atoms with Gasteiger partial charge >= 0.3 is 0 Å². The molecular formula is C11H15F2NO3. The molecule has 0 heterocycles. The Morgan fingerprint density at radius 2 is 2.12 bits per heavy atom. The van der Waals surface area contributed by atoms with Crippen LogP contribution in [0.4, 0.5) is 8.78 Å². The van der Waals surface area contributed by atoms with E-state index in [-0.39, 0.29) is 12.3 Å². The maximum Gasteiger partial charge on any atom is 0.282 e. The molecule has 0 radical (unpaired) electrons. The van der Waals surface area contributed by atoms with Crippen molar-refractivity contribution in [2.24, 2.45) is 0 Å². The van der Waals surface area contributed by atoms with Gasteiger partial charge in [-0.3, -0.25) is 0 Å². The molecule has 3 N–H and O–H groups in total. The number of hydrogen-bond acceptors (Lipinski definition) is 4. The van der Waals surface area contributed by atoms with E-state index in [4.69, 9.17) is 9.84 Å². The van der Waals surface area contributed by atoms with Crippen molar-refractivity contribution in [2.75, 3.05) is 20.3 Å². The van der Waals surface area contributed by atoms with Crippen LogP contribution in [-0.2, 0) is 6.54 Å². The van der Waals surface area contributed by atoms with E-state index < -0.39 is 19.1 Å². The number of phenols is 1. The monoisotopic (exact) mass is 247 g/mol. The lowest BCUT2D eigenvalue weighted by atomic mass is 10.2. The molecule has 0 aromatic heterocycles. The molecule has 0 saturated heterocycles. The van der Waals surface area contributed by atoms with E-state index >= 15 is 0 Å². The third-order valence-electron chi connectivity index (χ3n) is 2.19. The van der Waals surface area contributed by atoms with Gasteiger partial charge in [0.25, 0.3) is 5.92 Å². The molecule has 0 aliphatic carbocycles. The van der Waals surface area contributed by atoms with Crippen LogP contribution in [0.3, 0.4) is 0 Å². The molecule has 17 heavy (non-hydrogen) atoms. The van der Waals surface area contributed by atoms with Crippen LogP contribution in [0.25, 0.3) is 0 Å². The smallest absolute Gasteiger partial charge is 0.282 e. The number of aliphatic hydroxyl groups excluding tert-OH is 1. The Morgan fingerprint density at radius 3 is 2.71 bits per heavy atom. The molecule has 0 atom stereocenters. The van der Waals surface area contributed by atoms with Gasteiger partial charge in [-0.25, -0.2) is 8.78 Å². The molecule has 1 rings (SSSR count). The third-order valence-corrected chi connectivity index (χ3v) is 2.19. The minimum absolute atomic E-state index is 0.00284. The zero-order valence-corrected chi connectivity index (χ0v) is 9.41. The molecule has 0 aliphatic rings. The normalized spacial score (nSPS) is 11.5. The molecule has 0 amide bonds. The predicted molar refractivity (Wildman–Crippen MR) is 58.4 cm³/mol. The van der Waals surface area contributed by atoms with Gasteiger partial charge < -0.3 is 20.3 Å². The summed E-state index contributed by atoms with van der Waals surface area (Å²) in [5, 5.41) is 20.2. The molecular weight excluding hydrogens is 232 g/mol. The molecule has 6 heteroatoms. The number of alkyl halides is 2. The second kappa shape index (κ2) is 5.79. The summed E-state index contributed by atoms with van der Waals surface area (Å²) < 4.78 is 30.3. The van der Waals surface area contributed by atoms with E-state index in [1.807, 2.05) is 0 Å². The minimum atomic E-state index is -3.12. The molecule has 0 saturated carbocycles. The summed E-state index contributed by atoms with van der Waals surface area (Å²) >= 11 is 0. The van der Waals surface area contributed by atoms with Crippen LogP contribution in [0.1, 0.15) is 5.56 Å². The number of nitrogens with one attached hydrogen (secondary N) is 1. The van der Waals surface area contributed by atoms with Gasteiger partial charge in [0.05, 0.1) is 13.7 Å². The number of ether oxygens (including phenoxy) is 1. The summed E-state index contributed by atoms with van der Waals surface area (Å²) in [6.45, 7) is -1.59. The van der Waals surface area contributed by atoms with Crippen molar-refractivity contribution < 1.29 is 23.7 Å². The number of halogens is 2. The molecule has 1 aromatic rings. The second-order valence-electron chi connectivity index (χ2n) is 3.62. The quantitative estimate of drug-likeness (QED) is 0.705. The van der Waals surface area contributed by atoms with Gasteiger partial charge in [0.1, 0.15) is 6.61 Å². The van der Waals surface area contributed by atoms with Gasteiger partial charge in [-0.15, -0.1) is 0 Å². The topological polar surface area (TPSA) is 61.7 Å². The van der Waals surface area contributed by atoms with Crippen LogP contribution >= 0.6 is 0 Å². The molecule has 0 fully saturated rings. The van der Waals surface area contributed by atoms with Crippen molar-refractivity contribution in [1.29, 1.82) is 0 Å². The lowest BCUT2D eigenvalue weighted by molar-refractivity contribution is -0.0477. The Kier molecular flexibility index (Phi) is 4.65. The molecule has 0 bridgehead atoms. The standard InChI is InChI=1S/C11H15F2NO3/c1-17-10-4-8(2-3-9(10)16)5-14-6-11(12,13)7-15/h2-4,14-16H,5-7H2,1H3. The maximum absolute atomic E-state index is 12.7. The number of hydrogen-bond donors (Lipinski definition) is 3. The van der Waals surface area contributed by atoms with E-state index in [1.54, 1.807) is 12.1 Å². The van der Waals surface area contributed by atoms with Gasteiger partial charge in [0, 0.05) is 6.54 Å². The Hall–Kier alpha value is -1.40. The zero-order valence-electron chi connectivity index (χ0n) is 9.41. The first kappa shape index (κ1) is 13.7. The summed E-state index contributed by atoms with van der Waals surface area (Å²) in [7, 11) is 1.41. The number of phenolic OH excluding ortho intramolecular Hbond substituents is 1. The second-order valence-corrected chi connectivity index (χ2v) is 3.62. The fourth-order valence-electron chi connectivity index (χ4n) is 1.28. The highest BCUT2D eigenvalue weighted by Gasteiger charge is 2.26. The summed E-state index contributed by atoms with van der Waals surface area (Å²) in [6, 6.07) is 4.58. The highest BCUT2D eigenvalue weighted by molar-refractivity contribution is 5.41. The van der Waals surface area contributed by atoms with Gasteiger partial charge in [-0.1, -0.05) is 6.07 Å². The Morgan fingerprint density at radius 1 is 1.41 bits per heavy atom. The third kappa shape index (κ3) is 4.16. The van der Waals surface area contributed by atoms with Crippen molar-refractivity contribution in [3.05, 3.63) is 23.8 Å². The average Bonchev–Trinajstić information content (AvgIpc) is 2.31. The molecule has 1 aromatic carbocycles. The number of methoxy groups -OCH3 is 1. The van der Waals surface area contributed by atoms with Gasteiger partial charge in [-0.2, -0.15) is 0 Å². The molecule has 0 aliphatic heterocycles. The highest BCUT2D eigenvalue weighted by Crippen LogP contribution is 2.26. The molecule has 96 valence electrons. The molecule has 4 nitrogen and oxygen atoms in total. The van der Waals surface area contributed by atoms with E-state index in [0.717, 1.165) is 0 Å². The number of aliphatic hydroxyl groups is 1. The first-order valence-electron chi connectivity index (χ1n) is 5.04. The van der Waals surface area contributed by atoms with E-state index in [2.05, 4.69) is 5.32 Å². The predicted octanol–water partition coefficient (Wildman–Crippen LogP) is 1.12. The van der Waals surface area contributed by atoms with Crippen LogP contribution in [0.5, 0.6) is 11.5 Å². The van der Waals surface area contributed by atoms with Crippen LogP contribution in [0, 0.1) is 0 Å². The summed E-state index contributed by atoms with van der Waals surface area (Å²) in [6.07, 6.45) is 0. The van der Waals surface area contributed by atoms with Gasteiger partial charge in [-0.05, 0) is 17.7 Å². The van der Waals surface area contributed by atoms with Crippen LogP contribution in [0.2, 0.25) is 0 Å². The van der Waals surface area contributed by atoms with Crippen molar-refractivity contribution >= 4 is 0 Å². The summed E-state index contributed by atoms with van der Waals surface area (Å²) in [5.41, 5.74) is 0.702. The van der Waals surface area contributed by atoms with Crippen molar-refractivity contribution in [3.63, 3.8) is 0 Å². The largest absolute Gasteiger partial charge is 0.504 e. The zero-order chi connectivity index (χ0) is 12.9. The number of benzene rings is 1. The fourth-order valence-corrected chi connectivity index (χ4v) is 1.28. The fraction of sp³-hybridized carbons (Fsp3) is 0.455. The van der Waals surface area contributed by atoms with E-state index in [0.29, 0.717) is 11.3 Å². The van der Waals surface area contributed by atoms with E-state index in [1.165, 1.54) is 13.2 Å². The van der Waals surface area contributed by atoms with E-state index in [9.17, 15) is 13.9 Å². The summed E-state index contributed by atoms with van der Waals surface area (Å²) in [5.74, 6) is -2.84. The average molecular weight is 247 g/mol. The lowest BCUT2D eigenvalue weighted by Gasteiger charge is -2.14. The van der Waals surface area contributed by atoms with Crippen LogP contribution in [0.15, 0.2) is 18.2 Å². The van der Waals surface area contributed by atoms with Crippen molar-refractivity contribution in [3.8, 4) is 11.5 Å². The number of rotatable bonds is 6. The highest BCUT2D eigenvalue weighted by atomic mass is 19.3. The Labute approximate surface area is 97.8 Å². The van der Waals surface area contributed by atoms with Crippen molar-refractivity contribution in [1.82, 2.24) is 5.32 Å².